The van der Waals surface area contributed by atoms with Crippen molar-refractivity contribution in [3.05, 3.63) is 222 Å². The second-order valence-electron chi connectivity index (χ2n) is 17.1. The standard InChI is InChI=1S/C60H38N4O3/c1-62-56-45(36-61)57(63(46-28-12-8-22-39(46)37-18-4-2-5-19-37)48-30-16-26-43-41-24-10-14-32-50(41)66-59(43)48)54-52-34-35-53(65-52)55(54)58(56)64(47-29-13-9-23-40(47)38-20-6-3-7-21-38)49-31-17-27-44-42-25-11-15-33-51(42)67-60(44)49/h2-33,52-53H,34-35H2. The molecule has 67 heavy (non-hydrogen) atoms. The number of para-hydroxylation sites is 6. The predicted octanol–water partition coefficient (Wildman–Crippen LogP) is 17.1. The zero-order valence-corrected chi connectivity index (χ0v) is 36.1. The summed E-state index contributed by atoms with van der Waals surface area (Å²) in [6.45, 7) is 9.29. The van der Waals surface area contributed by atoms with Crippen LogP contribution in [0.3, 0.4) is 0 Å². The maximum Gasteiger partial charge on any atom is 0.230 e. The number of nitrogens with zero attached hydrogens (tertiary/aromatic N) is 4. The van der Waals surface area contributed by atoms with Crippen molar-refractivity contribution >= 4 is 83.7 Å². The number of benzene rings is 9. The summed E-state index contributed by atoms with van der Waals surface area (Å²) in [6, 6.07) is 68.4. The lowest BCUT2D eigenvalue weighted by atomic mass is 9.84. The van der Waals surface area contributed by atoms with Gasteiger partial charge in [-0.25, -0.2) is 4.85 Å². The number of nitriles is 1. The molecule has 2 aromatic heterocycles. The molecule has 0 radical (unpaired) electrons. The minimum Gasteiger partial charge on any atom is -0.454 e. The topological polar surface area (TPSA) is 70.1 Å². The lowest BCUT2D eigenvalue weighted by molar-refractivity contribution is 0.0720. The SMILES string of the molecule is [C-]#[N+]c1c(C#N)c(N(c2ccccc2-c2ccccc2)c2cccc3c2oc2ccccc23)c2c(c1N(c1ccccc1-c1ccccc1)c1cccc3c1oc1ccccc13)C1CCC2O1. The van der Waals surface area contributed by atoms with Crippen molar-refractivity contribution in [2.45, 2.75) is 25.0 Å². The number of fused-ring (bicyclic) bond motifs is 11. The zero-order valence-electron chi connectivity index (χ0n) is 36.1. The Bertz CT molecular complexity index is 3610. The summed E-state index contributed by atoms with van der Waals surface area (Å²) < 4.78 is 20.7. The summed E-state index contributed by atoms with van der Waals surface area (Å²) in [4.78, 5) is 8.81. The molecular formula is C60H38N4O3. The monoisotopic (exact) mass is 862 g/mol. The lowest BCUT2D eigenvalue weighted by Crippen LogP contribution is -2.21. The third kappa shape index (κ3) is 5.86. The van der Waals surface area contributed by atoms with Crippen LogP contribution in [0.5, 0.6) is 0 Å². The Balaban J connectivity index is 1.18. The Labute approximate surface area is 386 Å². The molecule has 0 aliphatic carbocycles. The van der Waals surface area contributed by atoms with Crippen molar-refractivity contribution in [2.24, 2.45) is 0 Å². The van der Waals surface area contributed by atoms with Gasteiger partial charge in [0.1, 0.15) is 11.2 Å². The molecule has 2 unspecified atom stereocenters. The number of rotatable bonds is 8. The summed E-state index contributed by atoms with van der Waals surface area (Å²) in [5.41, 5.74) is 13.5. The molecular weight excluding hydrogens is 825 g/mol. The number of hydrogen-bond acceptors (Lipinski definition) is 6. The average Bonchev–Trinajstić information content (AvgIpc) is 4.20. The van der Waals surface area contributed by atoms with Gasteiger partial charge in [0.15, 0.2) is 11.2 Å². The van der Waals surface area contributed by atoms with Crippen molar-refractivity contribution in [1.82, 2.24) is 0 Å². The van der Waals surface area contributed by atoms with Crippen LogP contribution in [-0.2, 0) is 4.74 Å². The molecule has 2 bridgehead atoms. The lowest BCUT2D eigenvalue weighted by Gasteiger charge is -2.36. The van der Waals surface area contributed by atoms with Crippen molar-refractivity contribution in [3.8, 4) is 28.3 Å². The average molecular weight is 863 g/mol. The van der Waals surface area contributed by atoms with Crippen LogP contribution in [0, 0.1) is 17.9 Å². The van der Waals surface area contributed by atoms with E-state index in [9.17, 15) is 11.8 Å². The summed E-state index contributed by atoms with van der Waals surface area (Å²) >= 11 is 0. The van der Waals surface area contributed by atoms with E-state index in [1.807, 2.05) is 109 Å². The van der Waals surface area contributed by atoms with Crippen LogP contribution in [-0.4, -0.2) is 0 Å². The molecule has 13 rings (SSSR count). The van der Waals surface area contributed by atoms with Crippen molar-refractivity contribution < 1.29 is 13.6 Å². The molecule has 11 aromatic rings. The molecule has 7 nitrogen and oxygen atoms in total. The minimum absolute atomic E-state index is 0.224. The second-order valence-corrected chi connectivity index (χ2v) is 17.1. The summed E-state index contributed by atoms with van der Waals surface area (Å²) in [7, 11) is 0. The summed E-state index contributed by atoms with van der Waals surface area (Å²) in [6.07, 6.45) is 0.817. The van der Waals surface area contributed by atoms with Crippen LogP contribution < -0.4 is 9.80 Å². The highest BCUT2D eigenvalue weighted by molar-refractivity contribution is 6.14. The number of hydrogen-bond donors (Lipinski definition) is 0. The number of furan rings is 2. The molecule has 1 saturated heterocycles. The molecule has 2 aliphatic rings. The molecule has 1 fully saturated rings. The first-order chi connectivity index (χ1) is 33.2. The highest BCUT2D eigenvalue weighted by Crippen LogP contribution is 2.64. The van der Waals surface area contributed by atoms with Gasteiger partial charge in [0.05, 0.1) is 64.5 Å². The molecule has 2 aliphatic heterocycles. The fourth-order valence-corrected chi connectivity index (χ4v) is 10.8. The smallest absolute Gasteiger partial charge is 0.230 e. The van der Waals surface area contributed by atoms with E-state index >= 15 is 0 Å². The van der Waals surface area contributed by atoms with E-state index in [4.69, 9.17) is 13.6 Å². The first kappa shape index (κ1) is 38.6. The van der Waals surface area contributed by atoms with Gasteiger partial charge < -0.3 is 23.4 Å². The highest BCUT2D eigenvalue weighted by Gasteiger charge is 2.47. The van der Waals surface area contributed by atoms with Crippen LogP contribution in [0.25, 0.3) is 71.0 Å². The summed E-state index contributed by atoms with van der Waals surface area (Å²) in [5, 5.41) is 15.8. The van der Waals surface area contributed by atoms with Crippen LogP contribution in [0.2, 0.25) is 0 Å². The minimum atomic E-state index is -0.352. The van der Waals surface area contributed by atoms with Crippen LogP contribution in [0.15, 0.2) is 203 Å². The normalized spacial score (nSPS) is 15.0. The number of ether oxygens (including phenoxy) is 1. The van der Waals surface area contributed by atoms with Gasteiger partial charge in [0.25, 0.3) is 0 Å². The van der Waals surface area contributed by atoms with Crippen LogP contribution in [0.1, 0.15) is 41.7 Å². The van der Waals surface area contributed by atoms with Gasteiger partial charge in [-0.3, -0.25) is 0 Å². The molecule has 9 aromatic carbocycles. The molecule has 0 saturated carbocycles. The fourth-order valence-electron chi connectivity index (χ4n) is 10.8. The van der Waals surface area contributed by atoms with E-state index in [2.05, 4.69) is 106 Å². The molecule has 0 spiro atoms. The predicted molar refractivity (Wildman–Crippen MR) is 268 cm³/mol. The maximum atomic E-state index is 11.9. The van der Waals surface area contributed by atoms with E-state index in [1.54, 1.807) is 0 Å². The largest absolute Gasteiger partial charge is 0.454 e. The number of anilines is 6. The van der Waals surface area contributed by atoms with Gasteiger partial charge >= 0.3 is 0 Å². The van der Waals surface area contributed by atoms with Crippen molar-refractivity contribution in [3.63, 3.8) is 0 Å². The highest BCUT2D eigenvalue weighted by atomic mass is 16.5. The molecule has 4 heterocycles. The van der Waals surface area contributed by atoms with Gasteiger partial charge in [-0.2, -0.15) is 5.26 Å². The van der Waals surface area contributed by atoms with Crippen LogP contribution >= 0.6 is 0 Å². The first-order valence-corrected chi connectivity index (χ1v) is 22.6. The van der Waals surface area contributed by atoms with Gasteiger partial charge in [0, 0.05) is 43.8 Å². The second kappa shape index (κ2) is 15.4. The molecule has 0 N–H and O–H groups in total. The van der Waals surface area contributed by atoms with Crippen LogP contribution in [0.4, 0.5) is 39.8 Å². The van der Waals surface area contributed by atoms with E-state index in [0.717, 1.165) is 102 Å². The first-order valence-electron chi connectivity index (χ1n) is 22.6. The van der Waals surface area contributed by atoms with E-state index in [0.29, 0.717) is 22.5 Å². The Morgan fingerprint density at radius 2 is 0.881 bits per heavy atom. The van der Waals surface area contributed by atoms with E-state index < -0.39 is 0 Å². The maximum absolute atomic E-state index is 11.9. The summed E-state index contributed by atoms with van der Waals surface area (Å²) in [5.74, 6) is 0. The molecule has 7 heteroatoms. The van der Waals surface area contributed by atoms with Gasteiger partial charge in [-0.05, 0) is 60.4 Å². The Morgan fingerprint density at radius 3 is 1.39 bits per heavy atom. The quantitative estimate of drug-likeness (QED) is 0.142. The van der Waals surface area contributed by atoms with E-state index in [-0.39, 0.29) is 23.5 Å². The Kier molecular flexibility index (Phi) is 8.86. The molecule has 2 atom stereocenters. The van der Waals surface area contributed by atoms with Gasteiger partial charge in [0.2, 0.25) is 5.69 Å². The third-order valence-corrected chi connectivity index (χ3v) is 13.5. The zero-order chi connectivity index (χ0) is 44.6. The van der Waals surface area contributed by atoms with Crippen molar-refractivity contribution in [2.75, 3.05) is 9.80 Å². The van der Waals surface area contributed by atoms with E-state index in [1.165, 1.54) is 0 Å². The Hall–Kier alpha value is -8.88. The van der Waals surface area contributed by atoms with Crippen molar-refractivity contribution in [1.29, 1.82) is 5.26 Å². The fraction of sp³-hybridized carbons (Fsp3) is 0.0667. The van der Waals surface area contributed by atoms with Gasteiger partial charge in [-0.1, -0.05) is 158 Å². The Morgan fingerprint density at radius 1 is 0.463 bits per heavy atom. The molecule has 0 amide bonds. The molecule has 316 valence electrons. The van der Waals surface area contributed by atoms with Gasteiger partial charge in [-0.15, -0.1) is 0 Å². The third-order valence-electron chi connectivity index (χ3n) is 13.5.